The van der Waals surface area contributed by atoms with Gasteiger partial charge in [0.15, 0.2) is 11.4 Å². The van der Waals surface area contributed by atoms with E-state index in [0.717, 1.165) is 22.8 Å². The van der Waals surface area contributed by atoms with E-state index in [9.17, 15) is 18.0 Å². The molecule has 0 aliphatic carbocycles. The zero-order valence-electron chi connectivity index (χ0n) is 8.89. The van der Waals surface area contributed by atoms with Gasteiger partial charge in [0.1, 0.15) is 0 Å². The zero-order chi connectivity index (χ0) is 13.5. The summed E-state index contributed by atoms with van der Waals surface area (Å²) < 4.78 is 38.7. The maximum atomic E-state index is 12.7. The number of halogens is 3. The summed E-state index contributed by atoms with van der Waals surface area (Å²) in [6.07, 6.45) is -4.57. The summed E-state index contributed by atoms with van der Waals surface area (Å²) in [7, 11) is 0. The molecule has 0 saturated heterocycles. The molecule has 2 heterocycles. The molecule has 0 amide bonds. The van der Waals surface area contributed by atoms with Crippen LogP contribution in [0, 0.1) is 6.92 Å². The van der Waals surface area contributed by atoms with Gasteiger partial charge in [0.2, 0.25) is 5.13 Å². The van der Waals surface area contributed by atoms with Gasteiger partial charge in [0.25, 0.3) is 0 Å². The second-order valence-corrected chi connectivity index (χ2v) is 4.24. The third-order valence-corrected chi connectivity index (χ3v) is 2.83. The van der Waals surface area contributed by atoms with E-state index in [4.69, 9.17) is 5.11 Å². The lowest BCUT2D eigenvalue weighted by Crippen LogP contribution is -2.13. The minimum absolute atomic E-state index is 0.132. The van der Waals surface area contributed by atoms with Crippen LogP contribution >= 0.6 is 11.3 Å². The lowest BCUT2D eigenvalue weighted by molar-refractivity contribution is -0.142. The van der Waals surface area contributed by atoms with Crippen molar-refractivity contribution in [1.29, 1.82) is 0 Å². The van der Waals surface area contributed by atoms with Crippen molar-refractivity contribution in [3.63, 3.8) is 0 Å². The van der Waals surface area contributed by atoms with Crippen LogP contribution in [0.15, 0.2) is 11.4 Å². The standard InChI is InChI=1S/C9H6F3N3O2S/c1-4-2-6(9(10,11)12)15(14-4)8-13-5(3-18-8)7(16)17/h2-3H,1H3,(H,16,17). The third-order valence-electron chi connectivity index (χ3n) is 2.01. The number of thiazole rings is 1. The highest BCUT2D eigenvalue weighted by Crippen LogP contribution is 2.32. The highest BCUT2D eigenvalue weighted by molar-refractivity contribution is 7.12. The van der Waals surface area contributed by atoms with Crippen LogP contribution in [-0.4, -0.2) is 25.8 Å². The number of nitrogens with zero attached hydrogens (tertiary/aromatic N) is 3. The monoisotopic (exact) mass is 277 g/mol. The van der Waals surface area contributed by atoms with E-state index < -0.39 is 17.8 Å². The van der Waals surface area contributed by atoms with Crippen molar-refractivity contribution in [2.45, 2.75) is 13.1 Å². The van der Waals surface area contributed by atoms with Crippen molar-refractivity contribution in [3.05, 3.63) is 28.5 Å². The highest BCUT2D eigenvalue weighted by atomic mass is 32.1. The van der Waals surface area contributed by atoms with Crippen LogP contribution in [0.3, 0.4) is 0 Å². The molecule has 0 aromatic carbocycles. The Labute approximate surface area is 103 Å². The fraction of sp³-hybridized carbons (Fsp3) is 0.222. The average Bonchev–Trinajstić information content (AvgIpc) is 2.81. The molecule has 5 nitrogen and oxygen atoms in total. The quantitative estimate of drug-likeness (QED) is 0.915. The van der Waals surface area contributed by atoms with Crippen molar-refractivity contribution < 1.29 is 23.1 Å². The van der Waals surface area contributed by atoms with Crippen molar-refractivity contribution in [2.75, 3.05) is 0 Å². The van der Waals surface area contributed by atoms with Crippen LogP contribution in [0.5, 0.6) is 0 Å². The molecular weight excluding hydrogens is 271 g/mol. The molecule has 0 saturated carbocycles. The molecule has 0 bridgehead atoms. The van der Waals surface area contributed by atoms with Gasteiger partial charge in [-0.3, -0.25) is 0 Å². The highest BCUT2D eigenvalue weighted by Gasteiger charge is 2.36. The van der Waals surface area contributed by atoms with Crippen LogP contribution < -0.4 is 0 Å². The first-order chi connectivity index (χ1) is 8.29. The van der Waals surface area contributed by atoms with E-state index in [1.807, 2.05) is 0 Å². The Morgan fingerprint density at radius 1 is 1.50 bits per heavy atom. The summed E-state index contributed by atoms with van der Waals surface area (Å²) in [4.78, 5) is 14.2. The van der Waals surface area contributed by atoms with Gasteiger partial charge in [0, 0.05) is 5.38 Å². The first-order valence-electron chi connectivity index (χ1n) is 4.62. The Kier molecular flexibility index (Phi) is 2.85. The van der Waals surface area contributed by atoms with Gasteiger partial charge in [-0.15, -0.1) is 11.3 Å². The van der Waals surface area contributed by atoms with Gasteiger partial charge in [-0.1, -0.05) is 0 Å². The van der Waals surface area contributed by atoms with Crippen molar-refractivity contribution >= 4 is 17.3 Å². The SMILES string of the molecule is Cc1cc(C(F)(F)F)n(-c2nc(C(=O)O)cs2)n1. The van der Waals surface area contributed by atoms with Crippen LogP contribution in [-0.2, 0) is 6.18 Å². The molecule has 2 rings (SSSR count). The molecule has 96 valence electrons. The number of rotatable bonds is 2. The van der Waals surface area contributed by atoms with E-state index >= 15 is 0 Å². The van der Waals surface area contributed by atoms with Crippen molar-refractivity contribution in [1.82, 2.24) is 14.8 Å². The van der Waals surface area contributed by atoms with E-state index in [0.29, 0.717) is 4.68 Å². The van der Waals surface area contributed by atoms with E-state index in [2.05, 4.69) is 10.1 Å². The number of hydrogen-bond acceptors (Lipinski definition) is 4. The number of carbonyl (C=O) groups is 1. The first kappa shape index (κ1) is 12.6. The van der Waals surface area contributed by atoms with Gasteiger partial charge < -0.3 is 5.11 Å². The summed E-state index contributed by atoms with van der Waals surface area (Å²) in [6.45, 7) is 1.41. The molecule has 0 fully saturated rings. The molecule has 0 atom stereocenters. The fourth-order valence-corrected chi connectivity index (χ4v) is 2.07. The van der Waals surface area contributed by atoms with E-state index in [1.165, 1.54) is 6.92 Å². The summed E-state index contributed by atoms with van der Waals surface area (Å²) >= 11 is 0.783. The van der Waals surface area contributed by atoms with Crippen LogP contribution in [0.4, 0.5) is 13.2 Å². The predicted molar refractivity (Wildman–Crippen MR) is 55.9 cm³/mol. The number of alkyl halides is 3. The summed E-state index contributed by atoms with van der Waals surface area (Å²) in [6, 6.07) is 0.877. The molecular formula is C9H6F3N3O2S. The second-order valence-electron chi connectivity index (χ2n) is 3.40. The maximum Gasteiger partial charge on any atom is 0.433 e. The average molecular weight is 277 g/mol. The minimum Gasteiger partial charge on any atom is -0.476 e. The van der Waals surface area contributed by atoms with Crippen LogP contribution in [0.25, 0.3) is 5.13 Å². The molecule has 2 aromatic rings. The Bertz CT molecular complexity index is 602. The number of aryl methyl sites for hydroxylation is 1. The smallest absolute Gasteiger partial charge is 0.433 e. The summed E-state index contributed by atoms with van der Waals surface area (Å²) in [5, 5.41) is 13.4. The van der Waals surface area contributed by atoms with Gasteiger partial charge in [-0.05, 0) is 13.0 Å². The zero-order valence-corrected chi connectivity index (χ0v) is 9.71. The van der Waals surface area contributed by atoms with Crippen molar-refractivity contribution in [3.8, 4) is 5.13 Å². The second kappa shape index (κ2) is 4.09. The van der Waals surface area contributed by atoms with E-state index in [1.54, 1.807) is 0 Å². The van der Waals surface area contributed by atoms with Gasteiger partial charge in [0.05, 0.1) is 5.69 Å². The molecule has 0 aliphatic heterocycles. The molecule has 9 heteroatoms. The fourth-order valence-electron chi connectivity index (χ4n) is 1.31. The number of aromatic nitrogens is 3. The Morgan fingerprint density at radius 3 is 2.67 bits per heavy atom. The van der Waals surface area contributed by atoms with Crippen LogP contribution in [0.2, 0.25) is 0 Å². The molecule has 0 radical (unpaired) electrons. The molecule has 18 heavy (non-hydrogen) atoms. The summed E-state index contributed by atoms with van der Waals surface area (Å²) in [5.41, 5.74) is -1.11. The summed E-state index contributed by atoms with van der Waals surface area (Å²) in [5.74, 6) is -1.30. The molecule has 0 spiro atoms. The Balaban J connectivity index is 2.53. The Hall–Kier alpha value is -1.90. The number of hydrogen-bond donors (Lipinski definition) is 1. The third kappa shape index (κ3) is 2.21. The molecule has 2 aromatic heterocycles. The van der Waals surface area contributed by atoms with Crippen molar-refractivity contribution in [2.24, 2.45) is 0 Å². The lowest BCUT2D eigenvalue weighted by Gasteiger charge is -2.06. The first-order valence-corrected chi connectivity index (χ1v) is 5.50. The largest absolute Gasteiger partial charge is 0.476 e. The van der Waals surface area contributed by atoms with Gasteiger partial charge in [-0.25, -0.2) is 14.5 Å². The van der Waals surface area contributed by atoms with Gasteiger partial charge >= 0.3 is 12.1 Å². The normalized spacial score (nSPS) is 11.8. The minimum atomic E-state index is -4.57. The number of carboxylic acid groups (broad SMARTS) is 1. The predicted octanol–water partition coefficient (Wildman–Crippen LogP) is 2.35. The van der Waals surface area contributed by atoms with E-state index in [-0.39, 0.29) is 16.5 Å². The topological polar surface area (TPSA) is 68.0 Å². The number of carboxylic acids is 1. The molecule has 0 unspecified atom stereocenters. The molecule has 1 N–H and O–H groups in total. The van der Waals surface area contributed by atoms with Crippen LogP contribution in [0.1, 0.15) is 21.9 Å². The van der Waals surface area contributed by atoms with Gasteiger partial charge in [-0.2, -0.15) is 18.3 Å². The number of aromatic carboxylic acids is 1. The maximum absolute atomic E-state index is 12.7. The lowest BCUT2D eigenvalue weighted by atomic mass is 10.3. The molecule has 0 aliphatic rings. The Morgan fingerprint density at radius 2 is 2.17 bits per heavy atom.